The smallest absolute Gasteiger partial charge is 0.411 e. The molecule has 0 aliphatic carbocycles. The van der Waals surface area contributed by atoms with Gasteiger partial charge in [0.05, 0.1) is 12.1 Å². The van der Waals surface area contributed by atoms with E-state index in [-0.39, 0.29) is 30.2 Å². The maximum atomic E-state index is 13.2. The molecule has 0 radical (unpaired) electrons. The fourth-order valence-electron chi connectivity index (χ4n) is 5.08. The van der Waals surface area contributed by atoms with Crippen LogP contribution in [0.3, 0.4) is 0 Å². The number of fused-ring (bicyclic) bond motifs is 1. The Balaban J connectivity index is 1.37. The maximum absolute atomic E-state index is 13.2. The summed E-state index contributed by atoms with van der Waals surface area (Å²) in [6, 6.07) is 12.9. The van der Waals surface area contributed by atoms with Crippen LogP contribution in [-0.2, 0) is 16.0 Å². The number of hydrogen-bond donors (Lipinski definition) is 2. The number of halogens is 2. The third-order valence-corrected chi connectivity index (χ3v) is 7.31. The standard InChI is InChI=1S/C30H37Cl2N5O4/c1-4-7-21(20-11-13-22(31)14-12-20)17-33-28(39)25-9-5-10-26-34-24(19-37(25)26)16-27(38)35-23-8-6-15-36(18-23)29(40)41-30(2,3)32/h5,9-14,19,21,23H,4,6-8,15-18H2,1-3H3,(H,33,39)(H,35,38)/t21?,23-/m1/s1. The Bertz CT molecular complexity index is 1370. The molecule has 3 aromatic rings. The zero-order chi connectivity index (χ0) is 29.6. The summed E-state index contributed by atoms with van der Waals surface area (Å²) in [6.45, 7) is 6.71. The number of alkyl halides is 1. The highest BCUT2D eigenvalue weighted by atomic mass is 35.5. The van der Waals surface area contributed by atoms with E-state index < -0.39 is 11.2 Å². The fourth-order valence-corrected chi connectivity index (χ4v) is 5.28. The summed E-state index contributed by atoms with van der Waals surface area (Å²) in [7, 11) is 0. The Morgan fingerprint density at radius 1 is 1.17 bits per heavy atom. The van der Waals surface area contributed by atoms with Gasteiger partial charge < -0.3 is 20.3 Å². The summed E-state index contributed by atoms with van der Waals surface area (Å²) in [6.07, 6.45) is 4.69. The van der Waals surface area contributed by atoms with Gasteiger partial charge in [0.2, 0.25) is 5.91 Å². The van der Waals surface area contributed by atoms with Crippen LogP contribution in [0.15, 0.2) is 48.7 Å². The first-order valence-electron chi connectivity index (χ1n) is 14.0. The first-order chi connectivity index (χ1) is 19.5. The molecular formula is C30H37Cl2N5O4. The van der Waals surface area contributed by atoms with Gasteiger partial charge in [0.15, 0.2) is 5.06 Å². The molecule has 0 saturated carbocycles. The van der Waals surface area contributed by atoms with Crippen molar-refractivity contribution in [3.63, 3.8) is 0 Å². The lowest BCUT2D eigenvalue weighted by molar-refractivity contribution is -0.121. The van der Waals surface area contributed by atoms with Crippen molar-refractivity contribution >= 4 is 46.8 Å². The Hall–Kier alpha value is -3.30. The number of carbonyl (C=O) groups is 3. The lowest BCUT2D eigenvalue weighted by atomic mass is 9.94. The molecule has 2 aromatic heterocycles. The molecule has 11 heteroatoms. The van der Waals surface area contributed by atoms with E-state index in [0.717, 1.165) is 31.2 Å². The van der Waals surface area contributed by atoms with Gasteiger partial charge in [-0.15, -0.1) is 0 Å². The highest BCUT2D eigenvalue weighted by Crippen LogP contribution is 2.23. The molecule has 1 aliphatic heterocycles. The summed E-state index contributed by atoms with van der Waals surface area (Å²) in [5.74, 6) is -0.252. The molecule has 1 aromatic carbocycles. The molecule has 0 bridgehead atoms. The third kappa shape index (κ3) is 8.60. The molecule has 3 amide bonds. The van der Waals surface area contributed by atoms with Crippen molar-refractivity contribution in [1.82, 2.24) is 24.9 Å². The fraction of sp³-hybridized carbons (Fsp3) is 0.467. The summed E-state index contributed by atoms with van der Waals surface area (Å²) in [4.78, 5) is 44.6. The number of nitrogens with zero attached hydrogens (tertiary/aromatic N) is 3. The molecule has 0 spiro atoms. The molecule has 9 nitrogen and oxygen atoms in total. The van der Waals surface area contributed by atoms with E-state index in [0.29, 0.717) is 41.7 Å². The number of rotatable bonds is 10. The van der Waals surface area contributed by atoms with Gasteiger partial charge in [-0.05, 0) is 62.9 Å². The molecular weight excluding hydrogens is 565 g/mol. The number of carbonyl (C=O) groups excluding carboxylic acids is 3. The van der Waals surface area contributed by atoms with E-state index in [1.807, 2.05) is 24.3 Å². The van der Waals surface area contributed by atoms with Crippen molar-refractivity contribution in [2.75, 3.05) is 19.6 Å². The molecule has 1 fully saturated rings. The van der Waals surface area contributed by atoms with Crippen molar-refractivity contribution in [2.45, 2.75) is 69.9 Å². The number of pyridine rings is 1. The molecule has 220 valence electrons. The highest BCUT2D eigenvalue weighted by molar-refractivity contribution is 6.30. The number of imidazole rings is 1. The Labute approximate surface area is 250 Å². The number of nitrogens with one attached hydrogen (secondary N) is 2. The monoisotopic (exact) mass is 601 g/mol. The predicted molar refractivity (Wildman–Crippen MR) is 159 cm³/mol. The molecule has 1 unspecified atom stereocenters. The average molecular weight is 603 g/mol. The molecule has 1 saturated heterocycles. The normalized spacial score (nSPS) is 16.3. The quantitative estimate of drug-likeness (QED) is 0.297. The van der Waals surface area contributed by atoms with Gasteiger partial charge in [-0.25, -0.2) is 9.78 Å². The SMILES string of the molecule is CCCC(CNC(=O)c1cccc2nc(CC(=O)N[C@@H]3CCCN(C(=O)OC(C)(C)Cl)C3)cn12)c1ccc(Cl)cc1. The Kier molecular flexibility index (Phi) is 10.1. The lowest BCUT2D eigenvalue weighted by Crippen LogP contribution is -2.50. The lowest BCUT2D eigenvalue weighted by Gasteiger charge is -2.33. The van der Waals surface area contributed by atoms with Crippen molar-refractivity contribution in [1.29, 1.82) is 0 Å². The van der Waals surface area contributed by atoms with Crippen LogP contribution in [0.25, 0.3) is 5.65 Å². The Morgan fingerprint density at radius 2 is 1.93 bits per heavy atom. The van der Waals surface area contributed by atoms with Gasteiger partial charge in [-0.1, -0.05) is 54.7 Å². The number of piperidine rings is 1. The summed E-state index contributed by atoms with van der Waals surface area (Å²) in [5, 5.41) is 5.66. The topological polar surface area (TPSA) is 105 Å². The van der Waals surface area contributed by atoms with Crippen LogP contribution in [0.4, 0.5) is 4.79 Å². The highest BCUT2D eigenvalue weighted by Gasteiger charge is 2.29. The maximum Gasteiger partial charge on any atom is 0.411 e. The number of ether oxygens (including phenoxy) is 1. The molecule has 2 atom stereocenters. The van der Waals surface area contributed by atoms with Gasteiger partial charge in [0.1, 0.15) is 11.3 Å². The summed E-state index contributed by atoms with van der Waals surface area (Å²) < 4.78 is 6.96. The van der Waals surface area contributed by atoms with E-state index >= 15 is 0 Å². The van der Waals surface area contributed by atoms with Crippen molar-refractivity contribution < 1.29 is 19.1 Å². The van der Waals surface area contributed by atoms with Crippen LogP contribution in [0.1, 0.15) is 74.1 Å². The van der Waals surface area contributed by atoms with Crippen molar-refractivity contribution in [3.8, 4) is 0 Å². The van der Waals surface area contributed by atoms with Gasteiger partial charge in [-0.2, -0.15) is 0 Å². The van der Waals surface area contributed by atoms with Crippen LogP contribution in [-0.4, -0.2) is 62.9 Å². The number of hydrogen-bond acceptors (Lipinski definition) is 5. The number of likely N-dealkylation sites (tertiary alicyclic amines) is 1. The number of amides is 3. The minimum Gasteiger partial charge on any atom is -0.427 e. The van der Waals surface area contributed by atoms with Crippen LogP contribution < -0.4 is 10.6 Å². The van der Waals surface area contributed by atoms with Crippen LogP contribution >= 0.6 is 23.2 Å². The van der Waals surface area contributed by atoms with Crippen LogP contribution in [0, 0.1) is 0 Å². The van der Waals surface area contributed by atoms with Gasteiger partial charge in [0, 0.05) is 42.8 Å². The van der Waals surface area contributed by atoms with E-state index in [1.54, 1.807) is 47.5 Å². The number of aromatic nitrogens is 2. The second-order valence-electron chi connectivity index (χ2n) is 10.9. The van der Waals surface area contributed by atoms with E-state index in [2.05, 4.69) is 22.5 Å². The first-order valence-corrected chi connectivity index (χ1v) is 14.7. The molecule has 41 heavy (non-hydrogen) atoms. The number of benzene rings is 1. The van der Waals surface area contributed by atoms with E-state index in [1.165, 1.54) is 0 Å². The zero-order valence-electron chi connectivity index (χ0n) is 23.7. The van der Waals surface area contributed by atoms with Crippen molar-refractivity contribution in [2.24, 2.45) is 0 Å². The molecule has 2 N–H and O–H groups in total. The minimum atomic E-state index is -1.10. The van der Waals surface area contributed by atoms with Gasteiger partial charge in [-0.3, -0.25) is 14.0 Å². The molecule has 1 aliphatic rings. The second kappa shape index (κ2) is 13.6. The van der Waals surface area contributed by atoms with Gasteiger partial charge in [0.25, 0.3) is 5.91 Å². The van der Waals surface area contributed by atoms with E-state index in [9.17, 15) is 14.4 Å². The van der Waals surface area contributed by atoms with E-state index in [4.69, 9.17) is 27.9 Å². The predicted octanol–water partition coefficient (Wildman–Crippen LogP) is 5.54. The summed E-state index contributed by atoms with van der Waals surface area (Å²) >= 11 is 12.1. The largest absolute Gasteiger partial charge is 0.427 e. The third-order valence-electron chi connectivity index (χ3n) is 6.98. The second-order valence-corrected chi connectivity index (χ2v) is 12.2. The summed E-state index contributed by atoms with van der Waals surface area (Å²) in [5.41, 5.74) is 2.70. The zero-order valence-corrected chi connectivity index (χ0v) is 25.2. The van der Waals surface area contributed by atoms with Crippen molar-refractivity contribution in [3.05, 3.63) is 70.6 Å². The van der Waals surface area contributed by atoms with Crippen LogP contribution in [0.2, 0.25) is 5.02 Å². The van der Waals surface area contributed by atoms with Crippen LogP contribution in [0.5, 0.6) is 0 Å². The van der Waals surface area contributed by atoms with Gasteiger partial charge >= 0.3 is 6.09 Å². The minimum absolute atomic E-state index is 0.0491. The Morgan fingerprint density at radius 3 is 2.63 bits per heavy atom. The molecule has 4 rings (SSSR count). The molecule has 3 heterocycles. The first kappa shape index (κ1) is 30.7. The average Bonchev–Trinajstić information content (AvgIpc) is 3.33.